The molecule has 1 aliphatic heterocycles. The Morgan fingerprint density at radius 1 is 1.21 bits per heavy atom. The number of H-pyrrole nitrogens is 1. The number of aromatic nitrogens is 1. The van der Waals surface area contributed by atoms with Crippen LogP contribution in [0, 0.1) is 0 Å². The normalized spacial score (nSPS) is 16.9. The van der Waals surface area contributed by atoms with Crippen molar-refractivity contribution in [1.29, 1.82) is 0 Å². The lowest BCUT2D eigenvalue weighted by atomic mass is 10.1. The summed E-state index contributed by atoms with van der Waals surface area (Å²) < 4.78 is 6.13. The van der Waals surface area contributed by atoms with Crippen molar-refractivity contribution < 1.29 is 9.84 Å². The highest BCUT2D eigenvalue weighted by Crippen LogP contribution is 2.29. The summed E-state index contributed by atoms with van der Waals surface area (Å²) in [5, 5.41) is 14.2. The van der Waals surface area contributed by atoms with Crippen LogP contribution in [-0.4, -0.2) is 53.7 Å². The third kappa shape index (κ3) is 4.12. The number of hydrogen-bond donors (Lipinski definition) is 3. The molecule has 0 fully saturated rings. The van der Waals surface area contributed by atoms with Crippen molar-refractivity contribution in [2.24, 2.45) is 4.99 Å². The van der Waals surface area contributed by atoms with Gasteiger partial charge in [0.25, 0.3) is 0 Å². The largest absolute Gasteiger partial charge is 0.488 e. The van der Waals surface area contributed by atoms with Gasteiger partial charge in [-0.15, -0.1) is 0 Å². The first-order valence-electron chi connectivity index (χ1n) is 9.64. The molecule has 0 saturated carbocycles. The van der Waals surface area contributed by atoms with Gasteiger partial charge in [-0.3, -0.25) is 4.99 Å². The van der Waals surface area contributed by atoms with E-state index in [1.165, 1.54) is 5.56 Å². The second kappa shape index (κ2) is 8.35. The minimum Gasteiger partial charge on any atom is -0.488 e. The highest BCUT2D eigenvalue weighted by molar-refractivity contribution is 5.89. The monoisotopic (exact) mass is 378 g/mol. The molecule has 6 nitrogen and oxygen atoms in total. The fourth-order valence-corrected chi connectivity index (χ4v) is 3.55. The summed E-state index contributed by atoms with van der Waals surface area (Å²) in [7, 11) is 1.94. The molecular formula is C22H26N4O2. The van der Waals surface area contributed by atoms with Gasteiger partial charge in [-0.1, -0.05) is 36.4 Å². The van der Waals surface area contributed by atoms with E-state index in [0.717, 1.165) is 41.1 Å². The van der Waals surface area contributed by atoms with E-state index in [-0.39, 0.29) is 6.10 Å². The lowest BCUT2D eigenvalue weighted by molar-refractivity contribution is 0.146. The zero-order chi connectivity index (χ0) is 19.3. The van der Waals surface area contributed by atoms with Gasteiger partial charge in [0.1, 0.15) is 12.4 Å². The number of β-amino-alcohol motifs (C(OH)–C–C–N with tert-alkyl or cyclic N) is 1. The van der Waals surface area contributed by atoms with E-state index in [1.807, 2.05) is 42.3 Å². The smallest absolute Gasteiger partial charge is 0.193 e. The van der Waals surface area contributed by atoms with Crippen LogP contribution < -0.4 is 10.1 Å². The molecule has 2 aromatic carbocycles. The predicted molar refractivity (Wildman–Crippen MR) is 112 cm³/mol. The Kier molecular flexibility index (Phi) is 5.48. The van der Waals surface area contributed by atoms with E-state index in [1.54, 1.807) is 0 Å². The third-order valence-electron chi connectivity index (χ3n) is 4.96. The van der Waals surface area contributed by atoms with Gasteiger partial charge in [0.2, 0.25) is 0 Å². The fraction of sp³-hybridized carbons (Fsp3) is 0.318. The number of hydrogen-bond acceptors (Lipinski definition) is 5. The van der Waals surface area contributed by atoms with Crippen LogP contribution in [0.2, 0.25) is 0 Å². The molecule has 1 unspecified atom stereocenters. The van der Waals surface area contributed by atoms with Gasteiger partial charge in [0, 0.05) is 37.2 Å². The van der Waals surface area contributed by atoms with Gasteiger partial charge in [0.15, 0.2) is 5.96 Å². The number of nitrogens with one attached hydrogen (secondary N) is 2. The van der Waals surface area contributed by atoms with E-state index in [9.17, 15) is 5.11 Å². The molecular weight excluding hydrogens is 352 g/mol. The second-order valence-electron chi connectivity index (χ2n) is 7.14. The average Bonchev–Trinajstić information content (AvgIpc) is 3.13. The molecule has 146 valence electrons. The highest BCUT2D eigenvalue weighted by Gasteiger charge is 2.17. The van der Waals surface area contributed by atoms with Crippen molar-refractivity contribution >= 4 is 16.9 Å². The van der Waals surface area contributed by atoms with Crippen LogP contribution in [0.1, 0.15) is 11.1 Å². The molecule has 4 rings (SSSR count). The zero-order valence-corrected chi connectivity index (χ0v) is 16.1. The molecule has 0 spiro atoms. The Morgan fingerprint density at radius 3 is 2.89 bits per heavy atom. The molecule has 28 heavy (non-hydrogen) atoms. The molecule has 3 aromatic rings. The van der Waals surface area contributed by atoms with Crippen molar-refractivity contribution in [2.45, 2.75) is 19.1 Å². The van der Waals surface area contributed by atoms with E-state index in [4.69, 9.17) is 4.74 Å². The Bertz CT molecular complexity index is 952. The number of benzene rings is 2. The number of likely N-dealkylation sites (N-methyl/N-ethyl adjacent to an activating group) is 1. The number of aliphatic hydroxyl groups is 1. The van der Waals surface area contributed by atoms with Gasteiger partial charge < -0.3 is 25.0 Å². The van der Waals surface area contributed by atoms with Crippen molar-refractivity contribution in [3.8, 4) is 5.75 Å². The van der Waals surface area contributed by atoms with Crippen LogP contribution in [0.4, 0.5) is 0 Å². The number of ether oxygens (including phenoxy) is 1. The maximum atomic E-state index is 9.66. The van der Waals surface area contributed by atoms with Gasteiger partial charge >= 0.3 is 0 Å². The molecule has 1 aromatic heterocycles. The fourth-order valence-electron chi connectivity index (χ4n) is 3.55. The van der Waals surface area contributed by atoms with Crippen molar-refractivity contribution in [2.75, 3.05) is 26.7 Å². The molecule has 0 bridgehead atoms. The quantitative estimate of drug-likeness (QED) is 0.616. The van der Waals surface area contributed by atoms with Crippen LogP contribution in [0.5, 0.6) is 5.75 Å². The number of aliphatic imine (C=N–C) groups is 1. The Hall–Kier alpha value is -2.99. The molecule has 1 aliphatic rings. The van der Waals surface area contributed by atoms with Crippen LogP contribution in [0.15, 0.2) is 59.7 Å². The molecule has 0 saturated heterocycles. The number of rotatable bonds is 6. The Labute approximate surface area is 164 Å². The molecule has 6 heteroatoms. The summed E-state index contributed by atoms with van der Waals surface area (Å²) >= 11 is 0. The van der Waals surface area contributed by atoms with Crippen molar-refractivity contribution in [3.63, 3.8) is 0 Å². The number of guanidine groups is 1. The first kappa shape index (κ1) is 18.4. The summed E-state index contributed by atoms with van der Waals surface area (Å²) in [5.74, 6) is 1.73. The SMILES string of the molecule is CN1CC(O)CN=C1NCCc1c[nH]c2cccc(OCc3ccccc3)c12. The average molecular weight is 378 g/mol. The minimum atomic E-state index is -0.381. The van der Waals surface area contributed by atoms with E-state index >= 15 is 0 Å². The predicted octanol–water partition coefficient (Wildman–Crippen LogP) is 2.54. The molecule has 3 N–H and O–H groups in total. The lowest BCUT2D eigenvalue weighted by Gasteiger charge is -2.28. The van der Waals surface area contributed by atoms with E-state index in [2.05, 4.69) is 39.7 Å². The van der Waals surface area contributed by atoms with Crippen LogP contribution >= 0.6 is 0 Å². The summed E-state index contributed by atoms with van der Waals surface area (Å²) in [6, 6.07) is 16.3. The van der Waals surface area contributed by atoms with E-state index in [0.29, 0.717) is 19.7 Å². The molecule has 1 atom stereocenters. The van der Waals surface area contributed by atoms with Crippen molar-refractivity contribution in [1.82, 2.24) is 15.2 Å². The minimum absolute atomic E-state index is 0.381. The van der Waals surface area contributed by atoms with Gasteiger partial charge in [-0.25, -0.2) is 0 Å². The molecule has 0 amide bonds. The second-order valence-corrected chi connectivity index (χ2v) is 7.14. The summed E-state index contributed by atoms with van der Waals surface area (Å²) in [4.78, 5) is 9.71. The Balaban J connectivity index is 1.44. The maximum absolute atomic E-state index is 9.66. The Morgan fingerprint density at radius 2 is 2.07 bits per heavy atom. The standard InChI is InChI=1S/C22H26N4O2/c1-26-14-18(27)13-25-22(26)23-11-10-17-12-24-19-8-5-9-20(21(17)19)28-15-16-6-3-2-4-7-16/h2-9,12,18,24,27H,10-11,13-15H2,1H3,(H,23,25). The van der Waals surface area contributed by atoms with Gasteiger partial charge in [0.05, 0.1) is 12.6 Å². The maximum Gasteiger partial charge on any atom is 0.193 e. The van der Waals surface area contributed by atoms with Crippen LogP contribution in [0.25, 0.3) is 10.9 Å². The van der Waals surface area contributed by atoms with Crippen LogP contribution in [0.3, 0.4) is 0 Å². The summed E-state index contributed by atoms with van der Waals surface area (Å²) in [5.41, 5.74) is 3.44. The topological polar surface area (TPSA) is 72.9 Å². The molecule has 0 aliphatic carbocycles. The van der Waals surface area contributed by atoms with E-state index < -0.39 is 0 Å². The number of nitrogens with zero attached hydrogens (tertiary/aromatic N) is 2. The molecule has 2 heterocycles. The first-order valence-corrected chi connectivity index (χ1v) is 9.64. The number of aliphatic hydroxyl groups excluding tert-OH is 1. The van der Waals surface area contributed by atoms with Gasteiger partial charge in [-0.2, -0.15) is 0 Å². The molecule has 0 radical (unpaired) electrons. The number of fused-ring (bicyclic) bond motifs is 1. The van der Waals surface area contributed by atoms with Gasteiger partial charge in [-0.05, 0) is 29.7 Å². The summed E-state index contributed by atoms with van der Waals surface area (Å²) in [6.45, 7) is 2.37. The lowest BCUT2D eigenvalue weighted by Crippen LogP contribution is -2.47. The number of aromatic amines is 1. The van der Waals surface area contributed by atoms with Crippen LogP contribution in [-0.2, 0) is 13.0 Å². The zero-order valence-electron chi connectivity index (χ0n) is 16.1. The third-order valence-corrected chi connectivity index (χ3v) is 4.96. The first-order chi connectivity index (χ1) is 13.7. The summed E-state index contributed by atoms with van der Waals surface area (Å²) in [6.07, 6.45) is 2.52. The highest BCUT2D eigenvalue weighted by atomic mass is 16.5. The van der Waals surface area contributed by atoms with Crippen molar-refractivity contribution in [3.05, 3.63) is 65.9 Å².